The van der Waals surface area contributed by atoms with Gasteiger partial charge in [0.15, 0.2) is 29.7 Å². The van der Waals surface area contributed by atoms with Crippen LogP contribution in [-0.4, -0.2) is 121 Å². The number of phenolic OH excluding ortho intramolecular Hbond substituents is 3. The van der Waals surface area contributed by atoms with Gasteiger partial charge in [0.1, 0.15) is 59.1 Å². The van der Waals surface area contributed by atoms with E-state index in [4.69, 9.17) is 28.1 Å². The number of fused-ring (bicyclic) bond motifs is 1. The summed E-state index contributed by atoms with van der Waals surface area (Å²) in [5.74, 6) is -2.51. The van der Waals surface area contributed by atoms with Crippen LogP contribution in [0.1, 0.15) is 6.92 Å². The molecular formula is C28H32O16. The van der Waals surface area contributed by atoms with Gasteiger partial charge in [0.25, 0.3) is 0 Å². The van der Waals surface area contributed by atoms with Gasteiger partial charge in [-0.25, -0.2) is 0 Å². The third-order valence-corrected chi connectivity index (χ3v) is 7.54. The van der Waals surface area contributed by atoms with E-state index in [0.717, 1.165) is 18.2 Å². The molecule has 0 radical (unpaired) electrons. The maximum absolute atomic E-state index is 13.9. The molecule has 2 fully saturated rings. The summed E-state index contributed by atoms with van der Waals surface area (Å²) < 4.78 is 33.7. The first-order valence-corrected chi connectivity index (χ1v) is 13.4. The molecule has 2 aliphatic rings. The monoisotopic (exact) mass is 624 g/mol. The van der Waals surface area contributed by atoms with Crippen molar-refractivity contribution in [2.24, 2.45) is 0 Å². The molecule has 0 amide bonds. The molecule has 2 saturated heterocycles. The molecule has 1 aromatic heterocycles. The van der Waals surface area contributed by atoms with Crippen molar-refractivity contribution in [1.82, 2.24) is 0 Å². The lowest BCUT2D eigenvalue weighted by Gasteiger charge is -2.45. The number of hydrogen-bond acceptors (Lipinski definition) is 16. The van der Waals surface area contributed by atoms with Crippen LogP contribution in [0.3, 0.4) is 0 Å². The van der Waals surface area contributed by atoms with E-state index in [1.165, 1.54) is 26.2 Å². The molecule has 9 N–H and O–H groups in total. The highest BCUT2D eigenvalue weighted by Gasteiger charge is 2.51. The number of aromatic hydroxyl groups is 3. The number of ether oxygens (including phenoxy) is 5. The number of aliphatic hydroxyl groups is 6. The van der Waals surface area contributed by atoms with Gasteiger partial charge in [-0.3, -0.25) is 4.79 Å². The summed E-state index contributed by atoms with van der Waals surface area (Å²) >= 11 is 0. The van der Waals surface area contributed by atoms with Gasteiger partial charge >= 0.3 is 0 Å². The molecule has 0 unspecified atom stereocenters. The van der Waals surface area contributed by atoms with Gasteiger partial charge in [0.05, 0.1) is 19.8 Å². The van der Waals surface area contributed by atoms with Crippen molar-refractivity contribution >= 4 is 11.0 Å². The SMILES string of the molecule is COc1cc(O)c2c(=O)c(O[C@@H]3O[C@H](CO)[C@@H](O)[C@H](O)[C@H]3O[C@@H]3O[C@@H](C)[C@H](O)[C@@H](O)[C@H]3O)c(-c3ccc(O)c(O)c3)oc2c1. The summed E-state index contributed by atoms with van der Waals surface area (Å²) in [4.78, 5) is 13.9. The summed E-state index contributed by atoms with van der Waals surface area (Å²) in [5.41, 5.74) is -1.14. The molecule has 0 spiro atoms. The van der Waals surface area contributed by atoms with E-state index < -0.39 is 96.4 Å². The van der Waals surface area contributed by atoms with E-state index in [9.17, 15) is 50.8 Å². The van der Waals surface area contributed by atoms with Crippen LogP contribution in [0.2, 0.25) is 0 Å². The van der Waals surface area contributed by atoms with E-state index in [2.05, 4.69) is 0 Å². The van der Waals surface area contributed by atoms with Gasteiger partial charge in [0.2, 0.25) is 17.5 Å². The predicted molar refractivity (Wildman–Crippen MR) is 145 cm³/mol. The maximum Gasteiger partial charge on any atom is 0.239 e. The molecule has 16 heteroatoms. The molecule has 44 heavy (non-hydrogen) atoms. The second-order valence-corrected chi connectivity index (χ2v) is 10.4. The van der Waals surface area contributed by atoms with Crippen LogP contribution in [0.5, 0.6) is 28.7 Å². The van der Waals surface area contributed by atoms with Gasteiger partial charge in [-0.1, -0.05) is 0 Å². The van der Waals surface area contributed by atoms with Crippen LogP contribution in [0, 0.1) is 0 Å². The van der Waals surface area contributed by atoms with Crippen LogP contribution >= 0.6 is 0 Å². The fourth-order valence-corrected chi connectivity index (χ4v) is 5.03. The Bertz CT molecular complexity index is 1560. The minimum atomic E-state index is -1.90. The van der Waals surface area contributed by atoms with E-state index >= 15 is 0 Å². The molecule has 2 aliphatic heterocycles. The van der Waals surface area contributed by atoms with Crippen LogP contribution in [0.25, 0.3) is 22.3 Å². The Hall–Kier alpha value is -3.71. The normalized spacial score (nSPS) is 32.5. The van der Waals surface area contributed by atoms with E-state index in [-0.39, 0.29) is 28.0 Å². The smallest absolute Gasteiger partial charge is 0.239 e. The number of aliphatic hydroxyl groups excluding tert-OH is 6. The van der Waals surface area contributed by atoms with Crippen molar-refractivity contribution in [3.63, 3.8) is 0 Å². The van der Waals surface area contributed by atoms with Crippen molar-refractivity contribution in [3.05, 3.63) is 40.6 Å². The quantitative estimate of drug-likeness (QED) is 0.137. The van der Waals surface area contributed by atoms with Gasteiger partial charge in [-0.15, -0.1) is 0 Å². The third-order valence-electron chi connectivity index (χ3n) is 7.54. The summed E-state index contributed by atoms with van der Waals surface area (Å²) in [6, 6.07) is 5.88. The van der Waals surface area contributed by atoms with E-state index in [0.29, 0.717) is 0 Å². The standard InChI is InChI=1S/C28H32O16/c1-9-18(33)21(36)23(38)27(40-9)44-26-22(37)19(34)16(8-29)42-28(26)43-25-20(35)17-14(32)6-11(39-2)7-15(17)41-24(25)10-3-4-12(30)13(31)5-10/h3-7,9,16,18-19,21-23,26-34,36-38H,8H2,1-2H3/t9-,16+,18-,19+,21+,22-,23+,26+,27-,28-/m0/s1. The number of methoxy groups -OCH3 is 1. The minimum Gasteiger partial charge on any atom is -0.507 e. The number of benzene rings is 2. The molecule has 3 heterocycles. The Morgan fingerprint density at radius 3 is 2.20 bits per heavy atom. The van der Waals surface area contributed by atoms with Gasteiger partial charge in [0, 0.05) is 17.7 Å². The van der Waals surface area contributed by atoms with Crippen LogP contribution < -0.4 is 14.9 Å². The van der Waals surface area contributed by atoms with Crippen molar-refractivity contribution in [2.45, 2.75) is 68.3 Å². The summed E-state index contributed by atoms with van der Waals surface area (Å²) in [6.07, 6.45) is -16.5. The molecule has 3 aromatic rings. The molecule has 16 nitrogen and oxygen atoms in total. The Kier molecular flexibility index (Phi) is 8.90. The van der Waals surface area contributed by atoms with Crippen molar-refractivity contribution in [3.8, 4) is 40.1 Å². The number of phenols is 3. The second kappa shape index (κ2) is 12.4. The largest absolute Gasteiger partial charge is 0.507 e. The first-order chi connectivity index (χ1) is 20.9. The lowest BCUT2D eigenvalue weighted by Crippen LogP contribution is -2.64. The van der Waals surface area contributed by atoms with Crippen molar-refractivity contribution < 1.29 is 74.1 Å². The average Bonchev–Trinajstić information content (AvgIpc) is 3.00. The topological polar surface area (TPSA) is 258 Å². The minimum absolute atomic E-state index is 0.00106. The fraction of sp³-hybridized carbons (Fsp3) is 0.464. The Balaban J connectivity index is 1.63. The van der Waals surface area contributed by atoms with Gasteiger partial charge in [-0.2, -0.15) is 0 Å². The Morgan fingerprint density at radius 2 is 1.55 bits per heavy atom. The van der Waals surface area contributed by atoms with E-state index in [1.807, 2.05) is 0 Å². The molecule has 0 bridgehead atoms. The van der Waals surface area contributed by atoms with Crippen LogP contribution in [-0.2, 0) is 14.2 Å². The third kappa shape index (κ3) is 5.63. The van der Waals surface area contributed by atoms with Gasteiger partial charge in [-0.05, 0) is 25.1 Å². The first kappa shape index (κ1) is 31.7. The molecule has 2 aromatic carbocycles. The predicted octanol–water partition coefficient (Wildman–Crippen LogP) is -1.38. The zero-order valence-corrected chi connectivity index (χ0v) is 23.3. The Labute approximate surface area is 248 Å². The van der Waals surface area contributed by atoms with Crippen molar-refractivity contribution in [1.29, 1.82) is 0 Å². The molecule has 5 rings (SSSR count). The number of hydrogen-bond donors (Lipinski definition) is 9. The highest BCUT2D eigenvalue weighted by molar-refractivity contribution is 5.88. The Morgan fingerprint density at radius 1 is 0.818 bits per heavy atom. The first-order valence-electron chi connectivity index (χ1n) is 13.4. The fourth-order valence-electron chi connectivity index (χ4n) is 5.03. The lowest BCUT2D eigenvalue weighted by atomic mass is 9.97. The average molecular weight is 625 g/mol. The molecule has 0 saturated carbocycles. The van der Waals surface area contributed by atoms with Crippen LogP contribution in [0.4, 0.5) is 0 Å². The molecule has 0 aliphatic carbocycles. The second-order valence-electron chi connectivity index (χ2n) is 10.4. The zero-order chi connectivity index (χ0) is 32.0. The lowest BCUT2D eigenvalue weighted by molar-refractivity contribution is -0.354. The molecule has 10 atom stereocenters. The number of rotatable bonds is 7. The van der Waals surface area contributed by atoms with Crippen LogP contribution in [0.15, 0.2) is 39.5 Å². The van der Waals surface area contributed by atoms with Crippen molar-refractivity contribution in [2.75, 3.05) is 13.7 Å². The summed E-state index contributed by atoms with van der Waals surface area (Å²) in [5, 5.41) is 92.3. The molecule has 240 valence electrons. The summed E-state index contributed by atoms with van der Waals surface area (Å²) in [7, 11) is 1.32. The highest BCUT2D eigenvalue weighted by atomic mass is 16.8. The summed E-state index contributed by atoms with van der Waals surface area (Å²) in [6.45, 7) is 0.566. The zero-order valence-electron chi connectivity index (χ0n) is 23.3. The maximum atomic E-state index is 13.9. The highest BCUT2D eigenvalue weighted by Crippen LogP contribution is 2.40. The van der Waals surface area contributed by atoms with Gasteiger partial charge < -0.3 is 74.1 Å². The molecular weight excluding hydrogens is 592 g/mol. The van der Waals surface area contributed by atoms with E-state index in [1.54, 1.807) is 0 Å².